The smallest absolute Gasteiger partial charge is 0.573 e. The molecular weight excluding hydrogens is 950 g/mol. The van der Waals surface area contributed by atoms with E-state index in [2.05, 4.69) is 136 Å². The standard InChI is InChI=1S/C50H33N11.Pt/c1-49(2,3)28-14-19-41-34(22-28)33-17-18-37(38-25-39(59-58-38)44-35(26-51)36(27-52)45(53-7)47(55-9)46(44)54-8)57-48(33)60(41)30-15-16-32-31-12-10-11-13-40(31)61(42(32)24-30)43-23-29(20-21-56-43)50(4,5)6;/h10-23,25H,1-6H3;/q-2;+2. The molecule has 11 nitrogen and oxygen atoms in total. The van der Waals surface area contributed by atoms with E-state index in [1.807, 2.05) is 42.6 Å². The van der Waals surface area contributed by atoms with Crippen LogP contribution in [0.25, 0.3) is 92.4 Å². The third-order valence-electron chi connectivity index (χ3n) is 11.2. The summed E-state index contributed by atoms with van der Waals surface area (Å²) in [6, 6.07) is 36.3. The van der Waals surface area contributed by atoms with Gasteiger partial charge in [-0.3, -0.25) is 14.5 Å². The minimum Gasteiger partial charge on any atom is -0.573 e. The van der Waals surface area contributed by atoms with Crippen molar-refractivity contribution in [3.63, 3.8) is 0 Å². The van der Waals surface area contributed by atoms with Gasteiger partial charge in [0.05, 0.1) is 54.2 Å². The van der Waals surface area contributed by atoms with E-state index in [0.717, 1.165) is 49.6 Å². The maximum absolute atomic E-state index is 10.2. The molecule has 9 rings (SSSR count). The Morgan fingerprint density at radius 2 is 1.34 bits per heavy atom. The second-order valence-electron chi connectivity index (χ2n) is 16.8. The monoisotopic (exact) mass is 982 g/mol. The average Bonchev–Trinajstić information content (AvgIpc) is 3.97. The topological polar surface area (TPSA) is 123 Å². The largest absolute Gasteiger partial charge is 2.00 e. The Balaban J connectivity index is 0.00000529. The summed E-state index contributed by atoms with van der Waals surface area (Å²) >= 11 is 0. The molecule has 12 heteroatoms. The molecule has 5 heterocycles. The molecule has 0 aliphatic rings. The Labute approximate surface area is 372 Å². The Morgan fingerprint density at radius 3 is 2.03 bits per heavy atom. The number of hydrogen-bond donors (Lipinski definition) is 0. The van der Waals surface area contributed by atoms with Crippen LogP contribution in [0.4, 0.5) is 17.1 Å². The van der Waals surface area contributed by atoms with Crippen LogP contribution in [0.5, 0.6) is 0 Å². The molecule has 0 amide bonds. The molecule has 0 atom stereocenters. The Morgan fingerprint density at radius 1 is 0.661 bits per heavy atom. The van der Waals surface area contributed by atoms with Crippen LogP contribution in [-0.2, 0) is 31.9 Å². The number of nitriles is 2. The first kappa shape index (κ1) is 40.9. The maximum atomic E-state index is 10.2. The molecule has 5 aromatic heterocycles. The maximum Gasteiger partial charge on any atom is 2.00 e. The molecule has 0 N–H and O–H groups in total. The summed E-state index contributed by atoms with van der Waals surface area (Å²) in [7, 11) is 0. The van der Waals surface area contributed by atoms with Crippen molar-refractivity contribution in [3.8, 4) is 46.3 Å². The Hall–Kier alpha value is -7.87. The van der Waals surface area contributed by atoms with Crippen molar-refractivity contribution in [3.05, 3.63) is 154 Å². The van der Waals surface area contributed by atoms with E-state index >= 15 is 0 Å². The molecule has 0 aliphatic heterocycles. The summed E-state index contributed by atoms with van der Waals surface area (Å²) in [4.78, 5) is 20.4. The van der Waals surface area contributed by atoms with Gasteiger partial charge in [0, 0.05) is 33.7 Å². The number of nitrogens with zero attached hydrogens (tertiary/aromatic N) is 11. The molecule has 9 aromatic rings. The molecule has 298 valence electrons. The van der Waals surface area contributed by atoms with E-state index in [0.29, 0.717) is 17.0 Å². The molecule has 0 aliphatic carbocycles. The van der Waals surface area contributed by atoms with Gasteiger partial charge in [-0.1, -0.05) is 88.8 Å². The minimum atomic E-state index is -0.330. The predicted octanol–water partition coefficient (Wildman–Crippen LogP) is 12.1. The molecule has 0 saturated carbocycles. The van der Waals surface area contributed by atoms with Crippen molar-refractivity contribution >= 4 is 60.8 Å². The summed E-state index contributed by atoms with van der Waals surface area (Å²) in [6.07, 6.45) is 1.86. The Kier molecular flexibility index (Phi) is 9.89. The van der Waals surface area contributed by atoms with Gasteiger partial charge in [-0.15, -0.1) is 17.5 Å². The van der Waals surface area contributed by atoms with Crippen molar-refractivity contribution in [1.82, 2.24) is 29.3 Å². The van der Waals surface area contributed by atoms with E-state index < -0.39 is 0 Å². The molecule has 0 fully saturated rings. The summed E-state index contributed by atoms with van der Waals surface area (Å²) in [6.45, 7) is 36.4. The van der Waals surface area contributed by atoms with Gasteiger partial charge in [-0.05, 0) is 69.8 Å². The fourth-order valence-corrected chi connectivity index (χ4v) is 8.05. The van der Waals surface area contributed by atoms with Gasteiger partial charge < -0.3 is 19.3 Å². The van der Waals surface area contributed by atoms with Crippen LogP contribution < -0.4 is 5.10 Å². The van der Waals surface area contributed by atoms with Crippen LogP contribution in [0.2, 0.25) is 0 Å². The van der Waals surface area contributed by atoms with Gasteiger partial charge >= 0.3 is 21.1 Å². The fraction of sp³-hybridized carbons (Fsp3) is 0.160. The van der Waals surface area contributed by atoms with Crippen molar-refractivity contribution < 1.29 is 21.1 Å². The number of hydrogen-bond acceptors (Lipinski definition) is 5. The van der Waals surface area contributed by atoms with Gasteiger partial charge in [0.2, 0.25) is 11.4 Å². The van der Waals surface area contributed by atoms with E-state index in [4.69, 9.17) is 29.7 Å². The second-order valence-corrected chi connectivity index (χ2v) is 16.8. The molecule has 4 aromatic carbocycles. The zero-order valence-electron chi connectivity index (χ0n) is 34.4. The molecule has 0 unspecified atom stereocenters. The van der Waals surface area contributed by atoms with Crippen LogP contribution in [0.1, 0.15) is 63.8 Å². The Bertz CT molecular complexity index is 3520. The van der Waals surface area contributed by atoms with Crippen molar-refractivity contribution in [2.24, 2.45) is 0 Å². The van der Waals surface area contributed by atoms with Crippen molar-refractivity contribution in [2.75, 3.05) is 0 Å². The van der Waals surface area contributed by atoms with Gasteiger partial charge in [-0.25, -0.2) is 9.97 Å². The van der Waals surface area contributed by atoms with Crippen molar-refractivity contribution in [2.45, 2.75) is 52.4 Å². The van der Waals surface area contributed by atoms with Crippen LogP contribution >= 0.6 is 0 Å². The number of fused-ring (bicyclic) bond motifs is 6. The van der Waals surface area contributed by atoms with E-state index in [9.17, 15) is 10.5 Å². The van der Waals surface area contributed by atoms with E-state index in [1.165, 1.54) is 11.1 Å². The first-order valence-corrected chi connectivity index (χ1v) is 19.4. The molecule has 0 saturated heterocycles. The van der Waals surface area contributed by atoms with Crippen LogP contribution in [0.15, 0.2) is 91.1 Å². The van der Waals surface area contributed by atoms with Gasteiger partial charge in [-0.2, -0.15) is 16.6 Å². The quantitative estimate of drug-likeness (QED) is 0.162. The van der Waals surface area contributed by atoms with Crippen LogP contribution in [-0.4, -0.2) is 24.2 Å². The predicted molar refractivity (Wildman–Crippen MR) is 237 cm³/mol. The van der Waals surface area contributed by atoms with Gasteiger partial charge in [0.25, 0.3) is 0 Å². The molecule has 0 radical (unpaired) electrons. The third kappa shape index (κ3) is 6.30. The van der Waals surface area contributed by atoms with Gasteiger partial charge in [0.15, 0.2) is 5.69 Å². The first-order chi connectivity index (χ1) is 29.3. The zero-order valence-corrected chi connectivity index (χ0v) is 36.7. The number of rotatable bonds is 4. The summed E-state index contributed by atoms with van der Waals surface area (Å²) in [5, 5.41) is 33.0. The summed E-state index contributed by atoms with van der Waals surface area (Å²) in [5.41, 5.74) is 5.93. The van der Waals surface area contributed by atoms with Gasteiger partial charge in [0.1, 0.15) is 11.5 Å². The molecule has 0 spiro atoms. The first-order valence-electron chi connectivity index (χ1n) is 19.4. The molecule has 0 bridgehead atoms. The minimum absolute atomic E-state index is 0. The molecule has 62 heavy (non-hydrogen) atoms. The summed E-state index contributed by atoms with van der Waals surface area (Å²) < 4.78 is 4.27. The number of aromatic nitrogens is 6. The van der Waals surface area contributed by atoms with E-state index in [1.54, 1.807) is 6.07 Å². The van der Waals surface area contributed by atoms with Crippen LogP contribution in [0, 0.1) is 48.4 Å². The number of para-hydroxylation sites is 1. The fourth-order valence-electron chi connectivity index (χ4n) is 8.05. The normalized spacial score (nSPS) is 11.5. The SMILES string of the molecule is [C-]#[N+]c1c(C#N)c(C#N)c(-c2cc(-c3ccc4c5cc(C(C)(C)C)ccc5n(-c5[c-]c6c(cc5)c5ccccc5n6-c5cc(C(C)(C)C)ccn5)c4n3)[n-]n2)c([N+]#[C-])c1[N+]#[C-].[Pt+2]. The third-order valence-corrected chi connectivity index (χ3v) is 11.2. The average molecular weight is 983 g/mol. The molecular formula is C50H33N11Pt. The van der Waals surface area contributed by atoms with Crippen LogP contribution in [0.3, 0.4) is 0 Å². The number of pyridine rings is 2. The summed E-state index contributed by atoms with van der Waals surface area (Å²) in [5.74, 6) is 0.796. The van der Waals surface area contributed by atoms with E-state index in [-0.39, 0.29) is 71.3 Å². The number of benzene rings is 4. The van der Waals surface area contributed by atoms with Crippen molar-refractivity contribution in [1.29, 1.82) is 10.5 Å². The zero-order chi connectivity index (χ0) is 43.0. The second kappa shape index (κ2) is 15.0.